The fourth-order valence-electron chi connectivity index (χ4n) is 1.76. The first-order chi connectivity index (χ1) is 8.27. The second-order valence-corrected chi connectivity index (χ2v) is 3.63. The first kappa shape index (κ1) is 9.71. The van der Waals surface area contributed by atoms with Crippen LogP contribution in [0.4, 0.5) is 5.82 Å². The van der Waals surface area contributed by atoms with Crippen molar-refractivity contribution in [3.05, 3.63) is 30.7 Å². The molecule has 3 rings (SSSR count). The zero-order valence-electron chi connectivity index (χ0n) is 9.20. The summed E-state index contributed by atoms with van der Waals surface area (Å²) in [4.78, 5) is 16.9. The fraction of sp³-hybridized carbons (Fsp3) is 0.0909. The minimum atomic E-state index is 0.367. The number of hydrogen-bond acceptors (Lipinski definition) is 5. The molecule has 0 unspecified atom stereocenters. The van der Waals surface area contributed by atoms with Gasteiger partial charge < -0.3 is 10.3 Å². The third-order valence-corrected chi connectivity index (χ3v) is 2.57. The largest absolute Gasteiger partial charge is 0.382 e. The van der Waals surface area contributed by atoms with E-state index in [4.69, 9.17) is 5.73 Å². The van der Waals surface area contributed by atoms with E-state index < -0.39 is 0 Å². The minimum Gasteiger partial charge on any atom is -0.382 e. The summed E-state index contributed by atoms with van der Waals surface area (Å²) >= 11 is 0. The van der Waals surface area contributed by atoms with E-state index in [1.807, 2.05) is 23.7 Å². The van der Waals surface area contributed by atoms with E-state index in [-0.39, 0.29) is 0 Å². The lowest BCUT2D eigenvalue weighted by Crippen LogP contribution is -2.01. The molecule has 0 atom stereocenters. The number of aryl methyl sites for hydroxylation is 1. The lowest BCUT2D eigenvalue weighted by Gasteiger charge is -2.02. The van der Waals surface area contributed by atoms with Gasteiger partial charge in [0.15, 0.2) is 17.3 Å². The monoisotopic (exact) mass is 226 g/mol. The molecule has 0 radical (unpaired) electrons. The number of pyridine rings is 1. The molecule has 84 valence electrons. The molecule has 0 aliphatic heterocycles. The highest BCUT2D eigenvalue weighted by Gasteiger charge is 2.14. The van der Waals surface area contributed by atoms with Gasteiger partial charge in [-0.25, -0.2) is 19.9 Å². The van der Waals surface area contributed by atoms with Gasteiger partial charge in [0.2, 0.25) is 0 Å². The number of rotatable bonds is 1. The van der Waals surface area contributed by atoms with Crippen LogP contribution >= 0.6 is 0 Å². The van der Waals surface area contributed by atoms with Crippen molar-refractivity contribution >= 4 is 17.0 Å². The number of imidazole rings is 1. The lowest BCUT2D eigenvalue weighted by molar-refractivity contribution is 0.932. The van der Waals surface area contributed by atoms with E-state index >= 15 is 0 Å². The van der Waals surface area contributed by atoms with Gasteiger partial charge in [-0.15, -0.1) is 0 Å². The number of nitrogen functional groups attached to an aromatic ring is 1. The van der Waals surface area contributed by atoms with E-state index in [1.165, 1.54) is 0 Å². The maximum Gasteiger partial charge on any atom is 0.164 e. The number of hydrogen-bond donors (Lipinski definition) is 1. The van der Waals surface area contributed by atoms with Crippen LogP contribution in [0.2, 0.25) is 0 Å². The predicted molar refractivity (Wildman–Crippen MR) is 63.9 cm³/mol. The topological polar surface area (TPSA) is 82.5 Å². The standard InChI is InChI=1S/C11H10N6/c1-17-10-7(3-2-4-15-10)16-11(17)8-9(12)14-6-5-13-8/h2-6H,1H3,(H2,12,14). The van der Waals surface area contributed by atoms with E-state index in [0.717, 1.165) is 11.2 Å². The van der Waals surface area contributed by atoms with Crippen LogP contribution in [-0.4, -0.2) is 24.5 Å². The number of fused-ring (bicyclic) bond motifs is 1. The Balaban J connectivity index is 2.32. The molecule has 17 heavy (non-hydrogen) atoms. The Hall–Kier alpha value is -2.50. The molecule has 0 spiro atoms. The van der Waals surface area contributed by atoms with Crippen molar-refractivity contribution in [2.75, 3.05) is 5.73 Å². The smallest absolute Gasteiger partial charge is 0.164 e. The Labute approximate surface area is 97.2 Å². The van der Waals surface area contributed by atoms with Crippen LogP contribution in [0, 0.1) is 0 Å². The molecule has 0 saturated carbocycles. The van der Waals surface area contributed by atoms with Crippen LogP contribution in [0.5, 0.6) is 0 Å². The van der Waals surface area contributed by atoms with Gasteiger partial charge in [-0.2, -0.15) is 0 Å². The van der Waals surface area contributed by atoms with Crippen molar-refractivity contribution in [3.8, 4) is 11.5 Å². The molecule has 0 aromatic carbocycles. The Bertz CT molecular complexity index is 687. The van der Waals surface area contributed by atoms with E-state index in [2.05, 4.69) is 19.9 Å². The van der Waals surface area contributed by atoms with Crippen molar-refractivity contribution in [2.24, 2.45) is 7.05 Å². The highest BCUT2D eigenvalue weighted by atomic mass is 15.1. The molecule has 3 aromatic rings. The van der Waals surface area contributed by atoms with Gasteiger partial charge in [0, 0.05) is 25.6 Å². The van der Waals surface area contributed by atoms with Crippen molar-refractivity contribution in [1.82, 2.24) is 24.5 Å². The molecule has 3 heterocycles. The molecule has 0 fully saturated rings. The van der Waals surface area contributed by atoms with Gasteiger partial charge in [-0.3, -0.25) is 0 Å². The van der Waals surface area contributed by atoms with Gasteiger partial charge in [-0.1, -0.05) is 0 Å². The molecule has 3 aromatic heterocycles. The summed E-state index contributed by atoms with van der Waals surface area (Å²) in [6.45, 7) is 0. The Kier molecular flexibility index (Phi) is 2.01. The van der Waals surface area contributed by atoms with Gasteiger partial charge in [0.25, 0.3) is 0 Å². The predicted octanol–water partition coefficient (Wildman–Crippen LogP) is 1.01. The normalized spacial score (nSPS) is 10.9. The Morgan fingerprint density at radius 2 is 1.94 bits per heavy atom. The molecule has 0 aliphatic carbocycles. The van der Waals surface area contributed by atoms with E-state index in [0.29, 0.717) is 17.3 Å². The number of anilines is 1. The molecule has 0 saturated heterocycles. The summed E-state index contributed by atoms with van der Waals surface area (Å²) in [6, 6.07) is 3.75. The van der Waals surface area contributed by atoms with Crippen LogP contribution in [0.1, 0.15) is 0 Å². The summed E-state index contributed by atoms with van der Waals surface area (Å²) in [7, 11) is 1.88. The molecule has 0 amide bonds. The summed E-state index contributed by atoms with van der Waals surface area (Å²) in [5.41, 5.74) is 7.99. The molecular weight excluding hydrogens is 216 g/mol. The maximum absolute atomic E-state index is 5.80. The van der Waals surface area contributed by atoms with Crippen LogP contribution in [-0.2, 0) is 7.05 Å². The van der Waals surface area contributed by atoms with E-state index in [1.54, 1.807) is 18.6 Å². The third kappa shape index (κ3) is 1.42. The Morgan fingerprint density at radius 1 is 1.12 bits per heavy atom. The van der Waals surface area contributed by atoms with Crippen molar-refractivity contribution in [2.45, 2.75) is 0 Å². The number of nitrogens with zero attached hydrogens (tertiary/aromatic N) is 5. The van der Waals surface area contributed by atoms with Crippen LogP contribution in [0.25, 0.3) is 22.7 Å². The SMILES string of the molecule is Cn1c(-c2nccnc2N)nc2cccnc21. The quantitative estimate of drug-likeness (QED) is 0.669. The summed E-state index contributed by atoms with van der Waals surface area (Å²) in [5.74, 6) is 1.04. The van der Waals surface area contributed by atoms with Gasteiger partial charge in [-0.05, 0) is 12.1 Å². The van der Waals surface area contributed by atoms with Crippen molar-refractivity contribution in [3.63, 3.8) is 0 Å². The fourth-order valence-corrected chi connectivity index (χ4v) is 1.76. The first-order valence-corrected chi connectivity index (χ1v) is 5.11. The van der Waals surface area contributed by atoms with Crippen LogP contribution in [0.15, 0.2) is 30.7 Å². The van der Waals surface area contributed by atoms with E-state index in [9.17, 15) is 0 Å². The van der Waals surface area contributed by atoms with Crippen LogP contribution < -0.4 is 5.73 Å². The minimum absolute atomic E-state index is 0.367. The molecule has 2 N–H and O–H groups in total. The highest BCUT2D eigenvalue weighted by Crippen LogP contribution is 2.23. The van der Waals surface area contributed by atoms with Gasteiger partial charge >= 0.3 is 0 Å². The molecule has 0 aliphatic rings. The first-order valence-electron chi connectivity index (χ1n) is 5.11. The van der Waals surface area contributed by atoms with Crippen LogP contribution in [0.3, 0.4) is 0 Å². The zero-order valence-corrected chi connectivity index (χ0v) is 9.20. The van der Waals surface area contributed by atoms with Gasteiger partial charge in [0.05, 0.1) is 0 Å². The zero-order chi connectivity index (χ0) is 11.8. The Morgan fingerprint density at radius 3 is 2.71 bits per heavy atom. The number of nitrogens with two attached hydrogens (primary N) is 1. The lowest BCUT2D eigenvalue weighted by atomic mass is 10.4. The third-order valence-electron chi connectivity index (χ3n) is 2.57. The maximum atomic E-state index is 5.80. The van der Waals surface area contributed by atoms with Gasteiger partial charge in [0.1, 0.15) is 11.2 Å². The molecule has 6 nitrogen and oxygen atoms in total. The second kappa shape index (κ2) is 3.51. The van der Waals surface area contributed by atoms with Crippen molar-refractivity contribution in [1.29, 1.82) is 0 Å². The highest BCUT2D eigenvalue weighted by molar-refractivity contribution is 5.78. The average Bonchev–Trinajstić information content (AvgIpc) is 2.68. The summed E-state index contributed by atoms with van der Waals surface area (Å²) in [5, 5.41) is 0. The average molecular weight is 226 g/mol. The number of aromatic nitrogens is 5. The van der Waals surface area contributed by atoms with Crippen molar-refractivity contribution < 1.29 is 0 Å². The molecule has 0 bridgehead atoms. The second-order valence-electron chi connectivity index (χ2n) is 3.63. The summed E-state index contributed by atoms with van der Waals surface area (Å²) < 4.78 is 1.86. The summed E-state index contributed by atoms with van der Waals surface area (Å²) in [6.07, 6.45) is 4.88. The molecular formula is C11H10N6. The molecule has 6 heteroatoms.